The summed E-state index contributed by atoms with van der Waals surface area (Å²) >= 11 is 0. The number of carbonyl (C=O) groups excluding carboxylic acids is 2. The summed E-state index contributed by atoms with van der Waals surface area (Å²) in [6.45, 7) is 4.50. The van der Waals surface area contributed by atoms with Crippen LogP contribution in [0.4, 0.5) is 0 Å². The van der Waals surface area contributed by atoms with Gasteiger partial charge in [0, 0.05) is 11.6 Å². The average molecular weight is 465 g/mol. The molecule has 8 nitrogen and oxygen atoms in total. The van der Waals surface area contributed by atoms with Crippen LogP contribution in [0.2, 0.25) is 0 Å². The molecule has 0 aliphatic carbocycles. The molecule has 3 aromatic rings. The van der Waals surface area contributed by atoms with Crippen LogP contribution in [0, 0.1) is 13.8 Å². The van der Waals surface area contributed by atoms with E-state index in [9.17, 15) is 9.59 Å². The predicted molar refractivity (Wildman–Crippen MR) is 128 cm³/mol. The van der Waals surface area contributed by atoms with Gasteiger partial charge in [-0.15, -0.1) is 0 Å². The number of hydrogen-bond donors (Lipinski definition) is 2. The molecule has 3 rings (SSSR count). The predicted octanol–water partition coefficient (Wildman–Crippen LogP) is 3.88. The second kappa shape index (κ2) is 11.6. The third kappa shape index (κ3) is 6.41. The Balaban J connectivity index is 1.67. The van der Waals surface area contributed by atoms with Crippen LogP contribution in [0.25, 0.3) is 6.08 Å². The molecule has 0 radical (unpaired) electrons. The Morgan fingerprint density at radius 3 is 2.41 bits per heavy atom. The lowest BCUT2D eigenvalue weighted by atomic mass is 10.1. The third-order valence-electron chi connectivity index (χ3n) is 4.94. The second-order valence-corrected chi connectivity index (χ2v) is 7.47. The SMILES string of the molecule is COc1ccc(C(=O)N/C(=C\c2ccco2)C(=O)NCCOc2ccc(C)cc2C)cc1OC. The normalized spacial score (nSPS) is 11.0. The highest BCUT2D eigenvalue weighted by molar-refractivity contribution is 6.05. The highest BCUT2D eigenvalue weighted by Crippen LogP contribution is 2.27. The van der Waals surface area contributed by atoms with Crippen LogP contribution < -0.4 is 24.8 Å². The smallest absolute Gasteiger partial charge is 0.268 e. The summed E-state index contributed by atoms with van der Waals surface area (Å²) in [5.74, 6) is 1.11. The minimum absolute atomic E-state index is 0.0289. The summed E-state index contributed by atoms with van der Waals surface area (Å²) in [7, 11) is 2.99. The molecule has 0 saturated carbocycles. The van der Waals surface area contributed by atoms with E-state index in [0.717, 1.165) is 16.9 Å². The number of nitrogens with one attached hydrogen (secondary N) is 2. The number of benzene rings is 2. The first-order chi connectivity index (χ1) is 16.4. The number of carbonyl (C=O) groups is 2. The van der Waals surface area contributed by atoms with Crippen LogP contribution in [0.15, 0.2) is 64.9 Å². The van der Waals surface area contributed by atoms with Crippen molar-refractivity contribution in [2.45, 2.75) is 13.8 Å². The van der Waals surface area contributed by atoms with Gasteiger partial charge < -0.3 is 29.3 Å². The van der Waals surface area contributed by atoms with Crippen molar-refractivity contribution in [1.82, 2.24) is 10.6 Å². The monoisotopic (exact) mass is 464 g/mol. The van der Waals surface area contributed by atoms with Gasteiger partial charge in [-0.1, -0.05) is 17.7 Å². The molecule has 0 aliphatic rings. The van der Waals surface area contributed by atoms with Gasteiger partial charge in [0.05, 0.1) is 27.0 Å². The largest absolute Gasteiger partial charge is 0.493 e. The van der Waals surface area contributed by atoms with Crippen molar-refractivity contribution in [3.63, 3.8) is 0 Å². The number of rotatable bonds is 10. The van der Waals surface area contributed by atoms with Crippen LogP contribution in [0.5, 0.6) is 17.2 Å². The molecule has 2 amide bonds. The molecule has 2 aromatic carbocycles. The summed E-state index contributed by atoms with van der Waals surface area (Å²) in [6, 6.07) is 14.0. The molecular formula is C26H28N2O6. The average Bonchev–Trinajstić information content (AvgIpc) is 3.35. The Bertz CT molecular complexity index is 1170. The molecular weight excluding hydrogens is 436 g/mol. The van der Waals surface area contributed by atoms with Gasteiger partial charge in [-0.25, -0.2) is 0 Å². The first-order valence-corrected chi connectivity index (χ1v) is 10.7. The Labute approximate surface area is 198 Å². The standard InChI is InChI=1S/C26H28N2O6/c1-17-7-9-22(18(2)14-17)34-13-11-27-26(30)21(16-20-6-5-12-33-20)28-25(29)19-8-10-23(31-3)24(15-19)32-4/h5-10,12,14-16H,11,13H2,1-4H3,(H,27,30)(H,28,29)/b21-16-. The van der Waals surface area contributed by atoms with Gasteiger partial charge in [-0.05, 0) is 55.8 Å². The van der Waals surface area contributed by atoms with Crippen molar-refractivity contribution in [2.24, 2.45) is 0 Å². The van der Waals surface area contributed by atoms with Crippen LogP contribution in [0.1, 0.15) is 27.2 Å². The maximum atomic E-state index is 12.9. The molecule has 1 heterocycles. The first-order valence-electron chi connectivity index (χ1n) is 10.7. The molecule has 2 N–H and O–H groups in total. The van der Waals surface area contributed by atoms with Crippen molar-refractivity contribution < 1.29 is 28.2 Å². The van der Waals surface area contributed by atoms with E-state index in [1.54, 1.807) is 24.3 Å². The summed E-state index contributed by atoms with van der Waals surface area (Å²) in [5, 5.41) is 5.41. The highest BCUT2D eigenvalue weighted by Gasteiger charge is 2.17. The minimum atomic E-state index is -0.486. The van der Waals surface area contributed by atoms with Crippen LogP contribution in [-0.4, -0.2) is 39.2 Å². The van der Waals surface area contributed by atoms with E-state index in [0.29, 0.717) is 22.8 Å². The maximum Gasteiger partial charge on any atom is 0.268 e. The molecule has 0 spiro atoms. The first kappa shape index (κ1) is 24.4. The molecule has 0 bridgehead atoms. The molecule has 0 fully saturated rings. The Morgan fingerprint density at radius 2 is 1.74 bits per heavy atom. The molecule has 0 aliphatic heterocycles. The molecule has 8 heteroatoms. The zero-order valence-electron chi connectivity index (χ0n) is 19.6. The highest BCUT2D eigenvalue weighted by atomic mass is 16.5. The number of ether oxygens (including phenoxy) is 3. The fourth-order valence-corrected chi connectivity index (χ4v) is 3.23. The number of furan rings is 1. The van der Waals surface area contributed by atoms with Crippen molar-refractivity contribution in [2.75, 3.05) is 27.4 Å². The van der Waals surface area contributed by atoms with E-state index in [4.69, 9.17) is 18.6 Å². The quantitative estimate of drug-likeness (QED) is 0.349. The van der Waals surface area contributed by atoms with Crippen LogP contribution >= 0.6 is 0 Å². The maximum absolute atomic E-state index is 12.9. The Kier molecular flexibility index (Phi) is 8.34. The fraction of sp³-hybridized carbons (Fsp3) is 0.231. The number of aryl methyl sites for hydroxylation is 2. The van der Waals surface area contributed by atoms with Gasteiger partial charge in [-0.3, -0.25) is 9.59 Å². The Morgan fingerprint density at radius 1 is 0.971 bits per heavy atom. The fourth-order valence-electron chi connectivity index (χ4n) is 3.23. The van der Waals surface area contributed by atoms with E-state index in [1.165, 1.54) is 32.6 Å². The van der Waals surface area contributed by atoms with Gasteiger partial charge >= 0.3 is 0 Å². The molecule has 178 valence electrons. The number of amides is 2. The van der Waals surface area contributed by atoms with Crippen LogP contribution in [-0.2, 0) is 4.79 Å². The van der Waals surface area contributed by atoms with E-state index < -0.39 is 11.8 Å². The van der Waals surface area contributed by atoms with Crippen LogP contribution in [0.3, 0.4) is 0 Å². The zero-order chi connectivity index (χ0) is 24.5. The lowest BCUT2D eigenvalue weighted by molar-refractivity contribution is -0.117. The van der Waals surface area contributed by atoms with Gasteiger partial charge in [0.1, 0.15) is 23.8 Å². The summed E-state index contributed by atoms with van der Waals surface area (Å²) < 4.78 is 21.5. The van der Waals surface area contributed by atoms with Gasteiger partial charge in [-0.2, -0.15) is 0 Å². The summed E-state index contributed by atoms with van der Waals surface area (Å²) in [6.07, 6.45) is 2.94. The van der Waals surface area contributed by atoms with E-state index >= 15 is 0 Å². The molecule has 0 saturated heterocycles. The molecule has 0 unspecified atom stereocenters. The lowest BCUT2D eigenvalue weighted by Gasteiger charge is -2.13. The Hall–Kier alpha value is -4.20. The molecule has 34 heavy (non-hydrogen) atoms. The van der Waals surface area contributed by atoms with Crippen molar-refractivity contribution >= 4 is 17.9 Å². The second-order valence-electron chi connectivity index (χ2n) is 7.47. The van der Waals surface area contributed by atoms with Gasteiger partial charge in [0.15, 0.2) is 11.5 Å². The zero-order valence-corrected chi connectivity index (χ0v) is 19.6. The van der Waals surface area contributed by atoms with Crippen molar-refractivity contribution in [3.05, 3.63) is 82.9 Å². The minimum Gasteiger partial charge on any atom is -0.493 e. The number of hydrogen-bond acceptors (Lipinski definition) is 6. The lowest BCUT2D eigenvalue weighted by Crippen LogP contribution is -2.36. The van der Waals surface area contributed by atoms with E-state index in [-0.39, 0.29) is 18.8 Å². The molecule has 0 atom stereocenters. The number of methoxy groups -OCH3 is 2. The van der Waals surface area contributed by atoms with Crippen molar-refractivity contribution in [1.29, 1.82) is 0 Å². The van der Waals surface area contributed by atoms with E-state index in [2.05, 4.69) is 10.6 Å². The topological polar surface area (TPSA) is 99.0 Å². The van der Waals surface area contributed by atoms with Gasteiger partial charge in [0.25, 0.3) is 11.8 Å². The summed E-state index contributed by atoms with van der Waals surface area (Å²) in [4.78, 5) is 25.7. The third-order valence-corrected chi connectivity index (χ3v) is 4.94. The summed E-state index contributed by atoms with van der Waals surface area (Å²) in [5.41, 5.74) is 2.50. The van der Waals surface area contributed by atoms with Crippen molar-refractivity contribution in [3.8, 4) is 17.2 Å². The van der Waals surface area contributed by atoms with Gasteiger partial charge in [0.2, 0.25) is 0 Å². The molecule has 1 aromatic heterocycles. The van der Waals surface area contributed by atoms with E-state index in [1.807, 2.05) is 32.0 Å².